The highest BCUT2D eigenvalue weighted by molar-refractivity contribution is 7.99. The van der Waals surface area contributed by atoms with Crippen molar-refractivity contribution in [2.75, 3.05) is 31.9 Å². The molecule has 0 unspecified atom stereocenters. The minimum atomic E-state index is -3.68. The lowest BCUT2D eigenvalue weighted by Gasteiger charge is -2.33. The van der Waals surface area contributed by atoms with Gasteiger partial charge in [0, 0.05) is 32.1 Å². The summed E-state index contributed by atoms with van der Waals surface area (Å²) in [5, 5.41) is 11.5. The zero-order chi connectivity index (χ0) is 21.3. The fraction of sp³-hybridized carbons (Fsp3) is 0.667. The quantitative estimate of drug-likeness (QED) is 0.654. The van der Waals surface area contributed by atoms with Gasteiger partial charge in [-0.1, -0.05) is 29.8 Å². The number of rotatable bonds is 6. The van der Waals surface area contributed by atoms with Crippen LogP contribution in [0.5, 0.6) is 0 Å². The maximum atomic E-state index is 12.9. The van der Waals surface area contributed by atoms with Gasteiger partial charge in [0.1, 0.15) is 16.4 Å². The molecule has 0 aromatic carbocycles. The Labute approximate surface area is 179 Å². The number of aromatic amines is 1. The third-order valence-corrected chi connectivity index (χ3v) is 8.68. The van der Waals surface area contributed by atoms with Crippen LogP contribution in [0.4, 0.5) is 0 Å². The van der Waals surface area contributed by atoms with E-state index in [0.717, 1.165) is 18.7 Å². The smallest absolute Gasteiger partial charge is 0.248 e. The molecule has 1 saturated carbocycles. The van der Waals surface area contributed by atoms with Crippen molar-refractivity contribution in [3.63, 3.8) is 0 Å². The van der Waals surface area contributed by atoms with Gasteiger partial charge in [-0.2, -0.15) is 4.31 Å². The van der Waals surface area contributed by atoms with Gasteiger partial charge in [-0.3, -0.25) is 9.89 Å². The summed E-state index contributed by atoms with van der Waals surface area (Å²) in [4.78, 5) is 18.9. The molecule has 10 nitrogen and oxygen atoms in total. The number of hydrogen-bond acceptors (Lipinski definition) is 8. The number of carbonyl (C=O) groups is 1. The van der Waals surface area contributed by atoms with Crippen LogP contribution in [-0.2, 0) is 14.8 Å². The van der Waals surface area contributed by atoms with Crippen LogP contribution in [0.25, 0.3) is 0 Å². The van der Waals surface area contributed by atoms with Crippen LogP contribution in [0, 0.1) is 13.8 Å². The summed E-state index contributed by atoms with van der Waals surface area (Å²) in [5.74, 6) is 1.85. The second kappa shape index (κ2) is 8.67. The monoisotopic (exact) mass is 454 g/mol. The molecule has 1 aliphatic carbocycles. The normalized spacial score (nSPS) is 18.9. The topological polar surface area (TPSA) is 125 Å². The summed E-state index contributed by atoms with van der Waals surface area (Å²) < 4.78 is 32.2. The minimum Gasteiger partial charge on any atom is -0.360 e. The number of sulfonamides is 1. The molecule has 0 atom stereocenters. The zero-order valence-electron chi connectivity index (χ0n) is 17.1. The molecule has 30 heavy (non-hydrogen) atoms. The Balaban J connectivity index is 1.29. The maximum absolute atomic E-state index is 12.9. The molecule has 3 heterocycles. The van der Waals surface area contributed by atoms with E-state index in [2.05, 4.69) is 20.3 Å². The molecular weight excluding hydrogens is 428 g/mol. The van der Waals surface area contributed by atoms with Crippen LogP contribution in [0.2, 0.25) is 0 Å². The van der Waals surface area contributed by atoms with E-state index in [-0.39, 0.29) is 35.4 Å². The molecule has 2 aromatic rings. The molecule has 2 fully saturated rings. The van der Waals surface area contributed by atoms with Gasteiger partial charge >= 0.3 is 0 Å². The fourth-order valence-corrected chi connectivity index (χ4v) is 6.49. The number of nitrogens with zero attached hydrogens (tertiary/aromatic N) is 5. The average molecular weight is 455 g/mol. The zero-order valence-corrected chi connectivity index (χ0v) is 18.8. The third-order valence-electron chi connectivity index (χ3n) is 5.71. The predicted molar refractivity (Wildman–Crippen MR) is 110 cm³/mol. The molecule has 164 valence electrons. The summed E-state index contributed by atoms with van der Waals surface area (Å²) in [6, 6.07) is 0. The molecule has 1 amide bonds. The molecule has 2 aliphatic rings. The van der Waals surface area contributed by atoms with Crippen LogP contribution in [0.3, 0.4) is 0 Å². The Bertz CT molecular complexity index is 984. The summed E-state index contributed by atoms with van der Waals surface area (Å²) in [7, 11) is -3.68. The van der Waals surface area contributed by atoms with E-state index in [1.807, 2.05) is 0 Å². The van der Waals surface area contributed by atoms with Gasteiger partial charge in [-0.15, -0.1) is 5.10 Å². The predicted octanol–water partition coefficient (Wildman–Crippen LogP) is 1.69. The highest BCUT2D eigenvalue weighted by Crippen LogP contribution is 2.32. The highest BCUT2D eigenvalue weighted by Gasteiger charge is 2.34. The largest absolute Gasteiger partial charge is 0.360 e. The first-order valence-electron chi connectivity index (χ1n) is 10.1. The van der Waals surface area contributed by atoms with Crippen LogP contribution in [-0.4, -0.2) is 75.8 Å². The van der Waals surface area contributed by atoms with Crippen molar-refractivity contribution in [2.24, 2.45) is 0 Å². The summed E-state index contributed by atoms with van der Waals surface area (Å²) in [6.45, 7) is 4.39. The van der Waals surface area contributed by atoms with Crippen LogP contribution < -0.4 is 0 Å². The average Bonchev–Trinajstić information content (AvgIpc) is 3.47. The van der Waals surface area contributed by atoms with Gasteiger partial charge < -0.3 is 9.42 Å². The standard InChI is InChI=1S/C18H26N6O4S2/c1-12-16(13(2)28-22-12)30(26,27)24-9-7-23(8-10-24)15(25)11-29-18-19-17(20-21-18)14-5-3-4-6-14/h14H,3-11H2,1-2H3,(H,19,20,21). The Morgan fingerprint density at radius 3 is 2.53 bits per heavy atom. The second-order valence-electron chi connectivity index (χ2n) is 7.71. The van der Waals surface area contributed by atoms with Crippen molar-refractivity contribution >= 4 is 27.7 Å². The van der Waals surface area contributed by atoms with Gasteiger partial charge in [0.2, 0.25) is 21.1 Å². The van der Waals surface area contributed by atoms with Crippen molar-refractivity contribution < 1.29 is 17.7 Å². The first-order valence-corrected chi connectivity index (χ1v) is 12.5. The maximum Gasteiger partial charge on any atom is 0.248 e. The second-order valence-corrected chi connectivity index (χ2v) is 10.5. The van der Waals surface area contributed by atoms with Crippen LogP contribution in [0.1, 0.15) is 48.9 Å². The van der Waals surface area contributed by atoms with E-state index in [4.69, 9.17) is 4.52 Å². The first kappa shape index (κ1) is 21.3. The number of carbonyl (C=O) groups excluding carboxylic acids is 1. The van der Waals surface area contributed by atoms with E-state index in [0.29, 0.717) is 29.9 Å². The van der Waals surface area contributed by atoms with Crippen molar-refractivity contribution in [1.82, 2.24) is 29.5 Å². The number of aryl methyl sites for hydroxylation is 2. The molecule has 0 bridgehead atoms. The van der Waals surface area contributed by atoms with Crippen molar-refractivity contribution in [2.45, 2.75) is 55.5 Å². The van der Waals surface area contributed by atoms with Crippen molar-refractivity contribution in [3.8, 4) is 0 Å². The molecule has 1 N–H and O–H groups in total. The van der Waals surface area contributed by atoms with Crippen molar-refractivity contribution in [3.05, 3.63) is 17.3 Å². The molecule has 4 rings (SSSR count). The van der Waals surface area contributed by atoms with Gasteiger partial charge in [0.05, 0.1) is 5.75 Å². The summed E-state index contributed by atoms with van der Waals surface area (Å²) in [5.41, 5.74) is 0.353. The van der Waals surface area contributed by atoms with Gasteiger partial charge in [-0.25, -0.2) is 13.4 Å². The molecule has 12 heteroatoms. The lowest BCUT2D eigenvalue weighted by atomic mass is 10.1. The van der Waals surface area contributed by atoms with E-state index in [1.165, 1.54) is 28.9 Å². The number of H-pyrrole nitrogens is 1. The Kier molecular flexibility index (Phi) is 6.16. The van der Waals surface area contributed by atoms with Crippen LogP contribution in [0.15, 0.2) is 14.6 Å². The van der Waals surface area contributed by atoms with Gasteiger partial charge in [0.25, 0.3) is 0 Å². The highest BCUT2D eigenvalue weighted by atomic mass is 32.2. The summed E-state index contributed by atoms with van der Waals surface area (Å²) >= 11 is 1.31. The number of hydrogen-bond donors (Lipinski definition) is 1. The molecule has 0 radical (unpaired) electrons. The van der Waals surface area contributed by atoms with E-state index >= 15 is 0 Å². The Hall–Kier alpha value is -1.92. The van der Waals surface area contributed by atoms with Gasteiger partial charge in [0.15, 0.2) is 5.76 Å². The molecule has 1 saturated heterocycles. The number of aromatic nitrogens is 4. The SMILES string of the molecule is Cc1noc(C)c1S(=O)(=O)N1CCN(C(=O)CSc2n[nH]c(C3CCCC3)n2)CC1. The molecular formula is C18H26N6O4S2. The Morgan fingerprint density at radius 2 is 1.90 bits per heavy atom. The number of piperazine rings is 1. The van der Waals surface area contributed by atoms with Gasteiger partial charge in [-0.05, 0) is 26.7 Å². The van der Waals surface area contributed by atoms with E-state index in [1.54, 1.807) is 18.7 Å². The number of thioether (sulfide) groups is 1. The molecule has 1 aliphatic heterocycles. The first-order chi connectivity index (χ1) is 14.4. The Morgan fingerprint density at radius 1 is 1.20 bits per heavy atom. The summed E-state index contributed by atoms with van der Waals surface area (Å²) in [6.07, 6.45) is 4.73. The fourth-order valence-electron chi connectivity index (χ4n) is 4.07. The number of nitrogens with one attached hydrogen (secondary N) is 1. The molecule has 2 aromatic heterocycles. The molecule has 0 spiro atoms. The lowest BCUT2D eigenvalue weighted by Crippen LogP contribution is -2.51. The van der Waals surface area contributed by atoms with Crippen molar-refractivity contribution in [1.29, 1.82) is 0 Å². The van der Waals surface area contributed by atoms with Crippen LogP contribution >= 0.6 is 11.8 Å². The minimum absolute atomic E-state index is 0.0402. The number of amides is 1. The lowest BCUT2D eigenvalue weighted by molar-refractivity contribution is -0.129. The van der Waals surface area contributed by atoms with E-state index < -0.39 is 10.0 Å². The third kappa shape index (κ3) is 4.26. The van der Waals surface area contributed by atoms with E-state index in [9.17, 15) is 13.2 Å².